The van der Waals surface area contributed by atoms with Gasteiger partial charge >= 0.3 is 6.03 Å². The Labute approximate surface area is 138 Å². The fraction of sp³-hybridized carbons (Fsp3) is 0.611. The Hall–Kier alpha value is -1.75. The highest BCUT2D eigenvalue weighted by Crippen LogP contribution is 2.34. The third-order valence-electron chi connectivity index (χ3n) is 4.99. The monoisotopic (exact) mass is 320 g/mol. The lowest BCUT2D eigenvalue weighted by molar-refractivity contribution is 0.0519. The molecule has 23 heavy (non-hydrogen) atoms. The van der Waals surface area contributed by atoms with Gasteiger partial charge in [-0.05, 0) is 54.9 Å². The van der Waals surface area contributed by atoms with Gasteiger partial charge in [0.2, 0.25) is 0 Å². The molecule has 128 valence electrons. The zero-order chi connectivity index (χ0) is 16.9. The lowest BCUT2D eigenvalue weighted by Gasteiger charge is -2.40. The summed E-state index contributed by atoms with van der Waals surface area (Å²) in [5.74, 6) is 0.808. The molecule has 2 N–H and O–H groups in total. The Morgan fingerprint density at radius 2 is 2.04 bits per heavy atom. The number of hydrogen-bond acceptors (Lipinski definition) is 3. The maximum absolute atomic E-state index is 12.3. The van der Waals surface area contributed by atoms with Crippen molar-refractivity contribution in [2.24, 2.45) is 5.41 Å². The van der Waals surface area contributed by atoms with Gasteiger partial charge in [0.25, 0.3) is 0 Å². The number of likely N-dealkylation sites (tertiary alicyclic amines) is 1. The summed E-state index contributed by atoms with van der Waals surface area (Å²) >= 11 is 0. The SMILES string of the molecule is CCC1(CO)CCN(C(=O)NCc2cc(C)cc(OC)c2)CC1. The van der Waals surface area contributed by atoms with Crippen LogP contribution in [0.3, 0.4) is 0 Å². The largest absolute Gasteiger partial charge is 0.497 e. The van der Waals surface area contributed by atoms with E-state index in [0.29, 0.717) is 19.6 Å². The molecule has 0 spiro atoms. The number of urea groups is 1. The molecule has 1 saturated heterocycles. The van der Waals surface area contributed by atoms with Crippen molar-refractivity contribution < 1.29 is 14.6 Å². The van der Waals surface area contributed by atoms with E-state index in [1.165, 1.54) is 0 Å². The van der Waals surface area contributed by atoms with E-state index in [1.54, 1.807) is 7.11 Å². The number of hydrogen-bond donors (Lipinski definition) is 2. The normalized spacial score (nSPS) is 17.0. The second-order valence-electron chi connectivity index (χ2n) is 6.52. The van der Waals surface area contributed by atoms with Crippen LogP contribution in [0.15, 0.2) is 18.2 Å². The number of aliphatic hydroxyl groups excluding tert-OH is 1. The quantitative estimate of drug-likeness (QED) is 0.877. The first-order valence-corrected chi connectivity index (χ1v) is 8.30. The van der Waals surface area contributed by atoms with Gasteiger partial charge < -0.3 is 20.1 Å². The topological polar surface area (TPSA) is 61.8 Å². The van der Waals surface area contributed by atoms with Crippen molar-refractivity contribution in [2.75, 3.05) is 26.8 Å². The first-order chi connectivity index (χ1) is 11.0. The molecule has 0 atom stereocenters. The number of rotatable bonds is 5. The molecule has 0 unspecified atom stereocenters. The second kappa shape index (κ2) is 7.68. The van der Waals surface area contributed by atoms with E-state index < -0.39 is 0 Å². The van der Waals surface area contributed by atoms with Crippen LogP contribution in [-0.2, 0) is 6.54 Å². The first kappa shape index (κ1) is 17.6. The average Bonchev–Trinajstić information content (AvgIpc) is 2.59. The Morgan fingerprint density at radius 3 is 2.61 bits per heavy atom. The Balaban J connectivity index is 1.87. The van der Waals surface area contributed by atoms with Gasteiger partial charge in [0.05, 0.1) is 7.11 Å². The molecule has 2 amide bonds. The number of piperidine rings is 1. The highest BCUT2D eigenvalue weighted by atomic mass is 16.5. The highest BCUT2D eigenvalue weighted by molar-refractivity contribution is 5.74. The Morgan fingerprint density at radius 1 is 1.35 bits per heavy atom. The molecule has 2 rings (SSSR count). The summed E-state index contributed by atoms with van der Waals surface area (Å²) < 4.78 is 5.26. The van der Waals surface area contributed by atoms with Crippen LogP contribution >= 0.6 is 0 Å². The minimum Gasteiger partial charge on any atom is -0.497 e. The number of carbonyl (C=O) groups is 1. The molecule has 1 fully saturated rings. The molecule has 0 radical (unpaired) electrons. The lowest BCUT2D eigenvalue weighted by Crippen LogP contribution is -2.48. The van der Waals surface area contributed by atoms with Gasteiger partial charge in [-0.25, -0.2) is 4.79 Å². The smallest absolute Gasteiger partial charge is 0.317 e. The summed E-state index contributed by atoms with van der Waals surface area (Å²) in [5.41, 5.74) is 2.15. The first-order valence-electron chi connectivity index (χ1n) is 8.30. The maximum atomic E-state index is 12.3. The fourth-order valence-corrected chi connectivity index (χ4v) is 3.14. The van der Waals surface area contributed by atoms with Gasteiger partial charge in [0.1, 0.15) is 5.75 Å². The number of benzene rings is 1. The number of carbonyl (C=O) groups excluding carboxylic acids is 1. The summed E-state index contributed by atoms with van der Waals surface area (Å²) in [6.45, 7) is 6.23. The van der Waals surface area contributed by atoms with Crippen molar-refractivity contribution >= 4 is 6.03 Å². The third-order valence-corrected chi connectivity index (χ3v) is 4.99. The van der Waals surface area contributed by atoms with E-state index in [9.17, 15) is 9.90 Å². The van der Waals surface area contributed by atoms with Gasteiger partial charge in [0, 0.05) is 26.2 Å². The van der Waals surface area contributed by atoms with Gasteiger partial charge in [-0.2, -0.15) is 0 Å². The van der Waals surface area contributed by atoms with Gasteiger partial charge in [-0.15, -0.1) is 0 Å². The summed E-state index contributed by atoms with van der Waals surface area (Å²) in [6, 6.07) is 5.92. The van der Waals surface area contributed by atoms with Crippen LogP contribution in [0, 0.1) is 12.3 Å². The van der Waals surface area contributed by atoms with Crippen molar-refractivity contribution in [1.29, 1.82) is 0 Å². The number of nitrogens with zero attached hydrogens (tertiary/aromatic N) is 1. The van der Waals surface area contributed by atoms with Crippen LogP contribution in [-0.4, -0.2) is 42.8 Å². The molecule has 5 nitrogen and oxygen atoms in total. The van der Waals surface area contributed by atoms with Crippen molar-refractivity contribution in [1.82, 2.24) is 10.2 Å². The molecular weight excluding hydrogens is 292 g/mol. The van der Waals surface area contributed by atoms with Crippen LogP contribution in [0.25, 0.3) is 0 Å². The van der Waals surface area contributed by atoms with Crippen molar-refractivity contribution in [3.8, 4) is 5.75 Å². The number of methoxy groups -OCH3 is 1. The molecule has 1 aromatic carbocycles. The van der Waals surface area contributed by atoms with E-state index >= 15 is 0 Å². The summed E-state index contributed by atoms with van der Waals surface area (Å²) in [6.07, 6.45) is 2.69. The lowest BCUT2D eigenvalue weighted by atomic mass is 9.77. The molecule has 0 aromatic heterocycles. The van der Waals surface area contributed by atoms with E-state index in [0.717, 1.165) is 36.1 Å². The van der Waals surface area contributed by atoms with E-state index in [4.69, 9.17) is 4.74 Å². The molecule has 0 bridgehead atoms. The van der Waals surface area contributed by atoms with Gasteiger partial charge in [-0.3, -0.25) is 0 Å². The summed E-state index contributed by atoms with van der Waals surface area (Å²) in [5, 5.41) is 12.5. The standard InChI is InChI=1S/C18H28N2O3/c1-4-18(13-21)5-7-20(8-6-18)17(22)19-12-15-9-14(2)10-16(11-15)23-3/h9-11,21H,4-8,12-13H2,1-3H3,(H,19,22). The zero-order valence-electron chi connectivity index (χ0n) is 14.4. The van der Waals surface area contributed by atoms with Crippen LogP contribution in [0.2, 0.25) is 0 Å². The third kappa shape index (κ3) is 4.38. The molecular formula is C18H28N2O3. The molecule has 1 aromatic rings. The predicted molar refractivity (Wildman–Crippen MR) is 90.6 cm³/mol. The minimum atomic E-state index is -0.0342. The zero-order valence-corrected chi connectivity index (χ0v) is 14.4. The predicted octanol–water partition coefficient (Wildman–Crippen LogP) is 2.70. The van der Waals surface area contributed by atoms with Crippen molar-refractivity contribution in [3.63, 3.8) is 0 Å². The molecule has 0 saturated carbocycles. The maximum Gasteiger partial charge on any atom is 0.317 e. The molecule has 0 aliphatic carbocycles. The summed E-state index contributed by atoms with van der Waals surface area (Å²) in [4.78, 5) is 14.2. The molecule has 5 heteroatoms. The highest BCUT2D eigenvalue weighted by Gasteiger charge is 2.33. The van der Waals surface area contributed by atoms with Crippen molar-refractivity contribution in [3.05, 3.63) is 29.3 Å². The molecule has 1 heterocycles. The Kier molecular flexibility index (Phi) is 5.88. The number of ether oxygens (including phenoxy) is 1. The van der Waals surface area contributed by atoms with Crippen LogP contribution in [0.4, 0.5) is 4.79 Å². The molecule has 1 aliphatic rings. The van der Waals surface area contributed by atoms with Crippen molar-refractivity contribution in [2.45, 2.75) is 39.7 Å². The number of amides is 2. The van der Waals surface area contributed by atoms with Gasteiger partial charge in [-0.1, -0.05) is 13.0 Å². The van der Waals surface area contributed by atoms with E-state index in [1.807, 2.05) is 30.0 Å². The summed E-state index contributed by atoms with van der Waals surface area (Å²) in [7, 11) is 1.64. The minimum absolute atomic E-state index is 0.000683. The van der Waals surface area contributed by atoms with E-state index in [-0.39, 0.29) is 18.1 Å². The second-order valence-corrected chi connectivity index (χ2v) is 6.52. The van der Waals surface area contributed by atoms with Gasteiger partial charge in [0.15, 0.2) is 0 Å². The van der Waals surface area contributed by atoms with Crippen LogP contribution in [0.1, 0.15) is 37.3 Å². The number of nitrogens with one attached hydrogen (secondary N) is 1. The molecule has 1 aliphatic heterocycles. The number of aliphatic hydroxyl groups is 1. The Bertz CT molecular complexity index is 531. The van der Waals surface area contributed by atoms with Crippen LogP contribution < -0.4 is 10.1 Å². The average molecular weight is 320 g/mol. The number of aryl methyl sites for hydroxylation is 1. The van der Waals surface area contributed by atoms with E-state index in [2.05, 4.69) is 12.2 Å². The fourth-order valence-electron chi connectivity index (χ4n) is 3.14. The van der Waals surface area contributed by atoms with Crippen LogP contribution in [0.5, 0.6) is 5.75 Å².